The summed E-state index contributed by atoms with van der Waals surface area (Å²) in [5.74, 6) is -0.332. The lowest BCUT2D eigenvalue weighted by molar-refractivity contribution is 0.280. The maximum absolute atomic E-state index is 12.7. The second-order valence-corrected chi connectivity index (χ2v) is 3.95. The first-order chi connectivity index (χ1) is 5.15. The van der Waals surface area contributed by atoms with Crippen molar-refractivity contribution in [2.75, 3.05) is 0 Å². The highest BCUT2D eigenvalue weighted by Crippen LogP contribution is 2.24. The minimum absolute atomic E-state index is 0.130. The van der Waals surface area contributed by atoms with E-state index in [0.29, 0.717) is 10.0 Å². The van der Waals surface area contributed by atoms with E-state index in [1.807, 2.05) is 22.6 Å². The number of aliphatic hydroxyl groups is 1. The molecule has 1 N–H and O–H groups in total. The molecule has 0 heterocycles. The van der Waals surface area contributed by atoms with Crippen LogP contribution in [0.5, 0.6) is 0 Å². The monoisotopic (exact) mass is 330 g/mol. The fourth-order valence-electron chi connectivity index (χ4n) is 0.724. The average Bonchev–Trinajstić information content (AvgIpc) is 1.96. The van der Waals surface area contributed by atoms with Gasteiger partial charge < -0.3 is 5.11 Å². The highest BCUT2D eigenvalue weighted by Gasteiger charge is 2.04. The molecule has 0 spiro atoms. The Kier molecular flexibility index (Phi) is 3.27. The number of rotatable bonds is 1. The summed E-state index contributed by atoms with van der Waals surface area (Å²) in [7, 11) is 0. The summed E-state index contributed by atoms with van der Waals surface area (Å²) in [6.07, 6.45) is 0. The molecule has 0 radical (unpaired) electrons. The Bertz CT molecular complexity index is 277. The van der Waals surface area contributed by atoms with Crippen LogP contribution in [-0.4, -0.2) is 5.11 Å². The van der Waals surface area contributed by atoms with Crippen molar-refractivity contribution in [2.24, 2.45) is 0 Å². The van der Waals surface area contributed by atoms with Gasteiger partial charge in [-0.25, -0.2) is 4.39 Å². The summed E-state index contributed by atoms with van der Waals surface area (Å²) in [4.78, 5) is 0. The number of aliphatic hydroxyl groups excluding tert-OH is 1. The van der Waals surface area contributed by atoms with Crippen LogP contribution in [-0.2, 0) is 6.61 Å². The molecule has 0 fully saturated rings. The number of benzene rings is 1. The number of hydrogen-bond donors (Lipinski definition) is 1. The normalized spacial score (nSPS) is 10.2. The molecule has 0 saturated heterocycles. The SMILES string of the molecule is OCc1cc(F)cc(Br)c1I. The molecule has 4 heteroatoms. The van der Waals surface area contributed by atoms with Gasteiger partial charge in [0.25, 0.3) is 0 Å². The lowest BCUT2D eigenvalue weighted by Gasteiger charge is -2.02. The number of halogens is 3. The second-order valence-electron chi connectivity index (χ2n) is 2.02. The van der Waals surface area contributed by atoms with E-state index < -0.39 is 0 Å². The smallest absolute Gasteiger partial charge is 0.124 e. The van der Waals surface area contributed by atoms with Crippen LogP contribution in [0.1, 0.15) is 5.56 Å². The Morgan fingerprint density at radius 2 is 2.18 bits per heavy atom. The van der Waals surface area contributed by atoms with Crippen molar-refractivity contribution in [2.45, 2.75) is 6.61 Å². The van der Waals surface area contributed by atoms with E-state index >= 15 is 0 Å². The van der Waals surface area contributed by atoms with Gasteiger partial charge in [0.1, 0.15) is 5.82 Å². The van der Waals surface area contributed by atoms with Crippen molar-refractivity contribution in [3.63, 3.8) is 0 Å². The van der Waals surface area contributed by atoms with Gasteiger partial charge >= 0.3 is 0 Å². The van der Waals surface area contributed by atoms with E-state index in [1.54, 1.807) is 0 Å². The Hall–Kier alpha value is 0.320. The molecule has 1 nitrogen and oxygen atoms in total. The van der Waals surface area contributed by atoms with Gasteiger partial charge in [-0.05, 0) is 56.2 Å². The standard InChI is InChI=1S/C7H5BrFIO/c8-6-2-5(9)1-4(3-11)7(6)10/h1-2,11H,3H2. The highest BCUT2D eigenvalue weighted by molar-refractivity contribution is 14.1. The van der Waals surface area contributed by atoms with E-state index in [-0.39, 0.29) is 12.4 Å². The van der Waals surface area contributed by atoms with Crippen molar-refractivity contribution in [3.05, 3.63) is 31.6 Å². The van der Waals surface area contributed by atoms with Gasteiger partial charge in [-0.3, -0.25) is 0 Å². The van der Waals surface area contributed by atoms with Crippen LogP contribution in [0.3, 0.4) is 0 Å². The third kappa shape index (κ3) is 2.13. The van der Waals surface area contributed by atoms with Gasteiger partial charge in [0, 0.05) is 8.04 Å². The molecule has 0 unspecified atom stereocenters. The second kappa shape index (κ2) is 3.82. The predicted octanol–water partition coefficient (Wildman–Crippen LogP) is 2.69. The van der Waals surface area contributed by atoms with E-state index in [2.05, 4.69) is 15.9 Å². The maximum atomic E-state index is 12.7. The van der Waals surface area contributed by atoms with E-state index in [1.165, 1.54) is 12.1 Å². The van der Waals surface area contributed by atoms with Crippen LogP contribution in [0.15, 0.2) is 16.6 Å². The quantitative estimate of drug-likeness (QED) is 0.620. The Labute approximate surface area is 85.9 Å². The summed E-state index contributed by atoms with van der Waals surface area (Å²) in [6, 6.07) is 2.70. The van der Waals surface area contributed by atoms with Crippen LogP contribution in [0.4, 0.5) is 4.39 Å². The zero-order valence-corrected chi connectivity index (χ0v) is 9.19. The van der Waals surface area contributed by atoms with Crippen molar-refractivity contribution < 1.29 is 9.50 Å². The van der Waals surface area contributed by atoms with Gasteiger partial charge in [0.2, 0.25) is 0 Å². The van der Waals surface area contributed by atoms with Gasteiger partial charge in [0.05, 0.1) is 6.61 Å². The molecule has 1 rings (SSSR count). The summed E-state index contributed by atoms with van der Waals surface area (Å²) >= 11 is 5.23. The first kappa shape index (κ1) is 9.41. The fraction of sp³-hybridized carbons (Fsp3) is 0.143. The molecular formula is C7H5BrFIO. The Morgan fingerprint density at radius 3 is 2.73 bits per heavy atom. The van der Waals surface area contributed by atoms with Crippen molar-refractivity contribution in [3.8, 4) is 0 Å². The summed E-state index contributed by atoms with van der Waals surface area (Å²) in [5.41, 5.74) is 0.609. The molecule has 60 valence electrons. The summed E-state index contributed by atoms with van der Waals surface area (Å²) < 4.78 is 14.2. The molecule has 0 aliphatic carbocycles. The minimum atomic E-state index is -0.332. The average molecular weight is 331 g/mol. The maximum Gasteiger partial charge on any atom is 0.124 e. The Balaban J connectivity index is 3.24. The van der Waals surface area contributed by atoms with Crippen LogP contribution in [0.25, 0.3) is 0 Å². The highest BCUT2D eigenvalue weighted by atomic mass is 127. The molecule has 0 atom stereocenters. The molecule has 0 bridgehead atoms. The van der Waals surface area contributed by atoms with E-state index in [4.69, 9.17) is 5.11 Å². The lowest BCUT2D eigenvalue weighted by Crippen LogP contribution is -1.91. The third-order valence-electron chi connectivity index (χ3n) is 1.24. The largest absolute Gasteiger partial charge is 0.392 e. The first-order valence-electron chi connectivity index (χ1n) is 2.89. The molecular weight excluding hydrogens is 326 g/mol. The fourth-order valence-corrected chi connectivity index (χ4v) is 1.68. The third-order valence-corrected chi connectivity index (χ3v) is 3.88. The summed E-state index contributed by atoms with van der Waals surface area (Å²) in [5, 5.41) is 8.78. The predicted molar refractivity (Wildman–Crippen MR) is 52.7 cm³/mol. The van der Waals surface area contributed by atoms with Crippen LogP contribution < -0.4 is 0 Å². The van der Waals surface area contributed by atoms with Crippen LogP contribution >= 0.6 is 38.5 Å². The molecule has 0 aliphatic rings. The molecule has 0 amide bonds. The van der Waals surface area contributed by atoms with Crippen molar-refractivity contribution in [1.29, 1.82) is 0 Å². The topological polar surface area (TPSA) is 20.2 Å². The summed E-state index contributed by atoms with van der Waals surface area (Å²) in [6.45, 7) is -0.130. The van der Waals surface area contributed by atoms with Gasteiger partial charge in [-0.1, -0.05) is 0 Å². The molecule has 1 aromatic carbocycles. The van der Waals surface area contributed by atoms with Crippen molar-refractivity contribution >= 4 is 38.5 Å². The lowest BCUT2D eigenvalue weighted by atomic mass is 10.2. The van der Waals surface area contributed by atoms with Gasteiger partial charge in [-0.15, -0.1) is 0 Å². The van der Waals surface area contributed by atoms with E-state index in [9.17, 15) is 4.39 Å². The number of hydrogen-bond acceptors (Lipinski definition) is 1. The molecule has 0 saturated carbocycles. The van der Waals surface area contributed by atoms with Crippen LogP contribution in [0, 0.1) is 9.39 Å². The molecule has 0 aliphatic heterocycles. The first-order valence-corrected chi connectivity index (χ1v) is 4.76. The van der Waals surface area contributed by atoms with Gasteiger partial charge in [0.15, 0.2) is 0 Å². The zero-order chi connectivity index (χ0) is 8.43. The van der Waals surface area contributed by atoms with Crippen molar-refractivity contribution in [1.82, 2.24) is 0 Å². The zero-order valence-electron chi connectivity index (χ0n) is 5.44. The molecule has 11 heavy (non-hydrogen) atoms. The van der Waals surface area contributed by atoms with Crippen LogP contribution in [0.2, 0.25) is 0 Å². The Morgan fingerprint density at radius 1 is 1.55 bits per heavy atom. The molecule has 0 aromatic heterocycles. The van der Waals surface area contributed by atoms with E-state index in [0.717, 1.165) is 3.57 Å². The molecule has 1 aromatic rings. The minimum Gasteiger partial charge on any atom is -0.392 e. The van der Waals surface area contributed by atoms with Gasteiger partial charge in [-0.2, -0.15) is 0 Å².